The van der Waals surface area contributed by atoms with Crippen molar-refractivity contribution in [1.82, 2.24) is 0 Å². The van der Waals surface area contributed by atoms with Gasteiger partial charge in [-0.3, -0.25) is 4.79 Å². The minimum absolute atomic E-state index is 0.0552. The molecular formula is C8H12O4. The Labute approximate surface area is 70.1 Å². The lowest BCUT2D eigenvalue weighted by Gasteiger charge is -2.13. The first-order valence-corrected chi connectivity index (χ1v) is 3.91. The molecule has 0 spiro atoms. The Morgan fingerprint density at radius 1 is 1.58 bits per heavy atom. The Bertz CT molecular complexity index is 231. The number of carbonyl (C=O) groups excluding carboxylic acids is 1. The average Bonchev–Trinajstić information content (AvgIpc) is 2.32. The number of allylic oxidation sites excluding steroid dienone is 2. The average molecular weight is 172 g/mol. The minimum atomic E-state index is -0.774. The van der Waals surface area contributed by atoms with E-state index >= 15 is 0 Å². The van der Waals surface area contributed by atoms with Crippen LogP contribution in [0.4, 0.5) is 0 Å². The molecule has 4 nitrogen and oxygen atoms in total. The molecule has 4 heteroatoms. The maximum atomic E-state index is 11.1. The molecule has 0 radical (unpaired) electrons. The summed E-state index contributed by atoms with van der Waals surface area (Å²) in [7, 11) is 0. The van der Waals surface area contributed by atoms with Crippen molar-refractivity contribution in [2.24, 2.45) is 5.92 Å². The van der Waals surface area contributed by atoms with E-state index in [1.165, 1.54) is 0 Å². The highest BCUT2D eigenvalue weighted by Gasteiger charge is 2.37. The number of Topliss-reactive ketones (excluding diaryl/α,β-unsaturated/α-hetero) is 1. The molecule has 0 amide bonds. The van der Waals surface area contributed by atoms with Gasteiger partial charge in [0.15, 0.2) is 5.76 Å². The number of carbonyl (C=O) groups is 1. The molecule has 0 heterocycles. The van der Waals surface area contributed by atoms with Gasteiger partial charge in [-0.15, -0.1) is 0 Å². The van der Waals surface area contributed by atoms with Gasteiger partial charge in [-0.25, -0.2) is 0 Å². The predicted molar refractivity (Wildman–Crippen MR) is 41.7 cm³/mol. The Hall–Kier alpha value is -1.03. The van der Waals surface area contributed by atoms with E-state index in [2.05, 4.69) is 0 Å². The zero-order valence-corrected chi connectivity index (χ0v) is 6.82. The normalized spacial score (nSPS) is 26.5. The molecular weight excluding hydrogens is 160 g/mol. The van der Waals surface area contributed by atoms with Crippen LogP contribution in [0.25, 0.3) is 0 Å². The van der Waals surface area contributed by atoms with Crippen LogP contribution in [0, 0.1) is 5.92 Å². The fourth-order valence-corrected chi connectivity index (χ4v) is 1.31. The highest BCUT2D eigenvalue weighted by Crippen LogP contribution is 2.28. The summed E-state index contributed by atoms with van der Waals surface area (Å²) in [5.74, 6) is -2.11. The van der Waals surface area contributed by atoms with E-state index in [0.29, 0.717) is 6.42 Å². The smallest absolute Gasteiger partial charge is 0.206 e. The van der Waals surface area contributed by atoms with E-state index in [9.17, 15) is 9.90 Å². The third-order valence-corrected chi connectivity index (χ3v) is 2.14. The number of aliphatic hydroxyl groups excluding tert-OH is 3. The van der Waals surface area contributed by atoms with Gasteiger partial charge in [-0.05, 0) is 6.42 Å². The van der Waals surface area contributed by atoms with Crippen LogP contribution in [-0.4, -0.2) is 27.2 Å². The van der Waals surface area contributed by atoms with Crippen LogP contribution in [-0.2, 0) is 4.79 Å². The molecule has 68 valence electrons. The van der Waals surface area contributed by atoms with Gasteiger partial charge >= 0.3 is 0 Å². The van der Waals surface area contributed by atoms with Crippen LogP contribution in [0.3, 0.4) is 0 Å². The summed E-state index contributed by atoms with van der Waals surface area (Å²) in [6.45, 7) is 1.74. The molecule has 2 atom stereocenters. The van der Waals surface area contributed by atoms with E-state index in [4.69, 9.17) is 10.2 Å². The van der Waals surface area contributed by atoms with Gasteiger partial charge < -0.3 is 15.3 Å². The van der Waals surface area contributed by atoms with E-state index in [-0.39, 0.29) is 12.2 Å². The van der Waals surface area contributed by atoms with Crippen LogP contribution in [0.15, 0.2) is 11.5 Å². The highest BCUT2D eigenvalue weighted by molar-refractivity contribution is 5.98. The van der Waals surface area contributed by atoms with E-state index in [0.717, 1.165) is 0 Å². The molecule has 0 aromatic rings. The maximum Gasteiger partial charge on any atom is 0.206 e. The van der Waals surface area contributed by atoms with Crippen molar-refractivity contribution >= 4 is 5.78 Å². The van der Waals surface area contributed by atoms with Gasteiger partial charge in [0.1, 0.15) is 5.76 Å². The fraction of sp³-hybridized carbons (Fsp3) is 0.625. The SMILES string of the molecule is CC[C@H](O)[C@H]1CC(O)=C(O)C1=O. The molecule has 0 aromatic carbocycles. The first-order chi connectivity index (χ1) is 5.57. The van der Waals surface area contributed by atoms with E-state index < -0.39 is 23.6 Å². The van der Waals surface area contributed by atoms with Gasteiger partial charge in [0, 0.05) is 6.42 Å². The van der Waals surface area contributed by atoms with Crippen LogP contribution < -0.4 is 0 Å². The van der Waals surface area contributed by atoms with Crippen molar-refractivity contribution < 1.29 is 20.1 Å². The second-order valence-corrected chi connectivity index (χ2v) is 2.95. The first-order valence-electron chi connectivity index (χ1n) is 3.91. The van der Waals surface area contributed by atoms with Crippen molar-refractivity contribution in [2.75, 3.05) is 0 Å². The highest BCUT2D eigenvalue weighted by atomic mass is 16.3. The third kappa shape index (κ3) is 1.30. The second kappa shape index (κ2) is 3.15. The molecule has 12 heavy (non-hydrogen) atoms. The van der Waals surface area contributed by atoms with Crippen molar-refractivity contribution in [3.05, 3.63) is 11.5 Å². The standard InChI is InChI=1S/C8H12O4/c1-2-5(9)4-3-6(10)8(12)7(4)11/h4-5,9-10,12H,2-3H2,1H3/t4-,5+/m1/s1. The lowest BCUT2D eigenvalue weighted by molar-refractivity contribution is -0.123. The topological polar surface area (TPSA) is 77.8 Å². The fourth-order valence-electron chi connectivity index (χ4n) is 1.31. The molecule has 0 aliphatic heterocycles. The van der Waals surface area contributed by atoms with E-state index in [1.54, 1.807) is 6.92 Å². The van der Waals surface area contributed by atoms with Crippen LogP contribution in [0.5, 0.6) is 0 Å². The minimum Gasteiger partial charge on any atom is -0.508 e. The monoisotopic (exact) mass is 172 g/mol. The summed E-state index contributed by atoms with van der Waals surface area (Å²) < 4.78 is 0. The molecule has 0 saturated heterocycles. The predicted octanol–water partition coefficient (Wildman–Crippen LogP) is 0.674. The van der Waals surface area contributed by atoms with Gasteiger partial charge in [0.25, 0.3) is 0 Å². The maximum absolute atomic E-state index is 11.1. The Morgan fingerprint density at radius 3 is 2.50 bits per heavy atom. The third-order valence-electron chi connectivity index (χ3n) is 2.14. The molecule has 3 N–H and O–H groups in total. The van der Waals surface area contributed by atoms with E-state index in [1.807, 2.05) is 0 Å². The summed E-state index contributed by atoms with van der Waals surface area (Å²) in [4.78, 5) is 11.1. The summed E-state index contributed by atoms with van der Waals surface area (Å²) in [6, 6.07) is 0. The second-order valence-electron chi connectivity index (χ2n) is 2.95. The summed E-state index contributed by atoms with van der Waals surface area (Å²) in [5, 5.41) is 27.2. The molecule has 0 bridgehead atoms. The molecule has 0 fully saturated rings. The van der Waals surface area contributed by atoms with Crippen molar-refractivity contribution in [2.45, 2.75) is 25.9 Å². The Morgan fingerprint density at radius 2 is 2.17 bits per heavy atom. The number of aliphatic hydroxyl groups is 3. The Kier molecular flexibility index (Phi) is 2.38. The van der Waals surface area contributed by atoms with Crippen molar-refractivity contribution in [3.8, 4) is 0 Å². The van der Waals surface area contributed by atoms with Crippen LogP contribution >= 0.6 is 0 Å². The van der Waals surface area contributed by atoms with Gasteiger partial charge in [0.2, 0.25) is 5.78 Å². The molecule has 1 rings (SSSR count). The molecule has 0 aromatic heterocycles. The summed E-state index contributed by atoms with van der Waals surface area (Å²) in [6.07, 6.45) is -0.277. The van der Waals surface area contributed by atoms with Gasteiger partial charge in [-0.2, -0.15) is 0 Å². The molecule has 1 aliphatic carbocycles. The number of hydrogen-bond donors (Lipinski definition) is 3. The van der Waals surface area contributed by atoms with Crippen molar-refractivity contribution in [3.63, 3.8) is 0 Å². The number of ketones is 1. The van der Waals surface area contributed by atoms with Gasteiger partial charge in [0.05, 0.1) is 12.0 Å². The lowest BCUT2D eigenvalue weighted by Crippen LogP contribution is -2.24. The zero-order valence-electron chi connectivity index (χ0n) is 6.82. The first kappa shape index (κ1) is 9.06. The quantitative estimate of drug-likeness (QED) is 0.572. The zero-order chi connectivity index (χ0) is 9.30. The number of rotatable bonds is 2. The molecule has 0 saturated carbocycles. The molecule has 1 aliphatic rings. The van der Waals surface area contributed by atoms with Crippen molar-refractivity contribution in [1.29, 1.82) is 0 Å². The number of hydrogen-bond acceptors (Lipinski definition) is 4. The molecule has 0 unspecified atom stereocenters. The van der Waals surface area contributed by atoms with Gasteiger partial charge in [-0.1, -0.05) is 6.92 Å². The largest absolute Gasteiger partial charge is 0.508 e. The lowest BCUT2D eigenvalue weighted by atomic mass is 9.97. The Balaban J connectivity index is 2.73. The van der Waals surface area contributed by atoms with Crippen LogP contribution in [0.2, 0.25) is 0 Å². The van der Waals surface area contributed by atoms with Crippen LogP contribution in [0.1, 0.15) is 19.8 Å². The summed E-state index contributed by atoms with van der Waals surface area (Å²) in [5.41, 5.74) is 0. The summed E-state index contributed by atoms with van der Waals surface area (Å²) >= 11 is 0.